The molecule has 0 fully saturated rings. The van der Waals surface area contributed by atoms with Gasteiger partial charge in [-0.1, -0.05) is 49.5 Å². The normalized spacial score (nSPS) is 22.2. The topological polar surface area (TPSA) is 102 Å². The van der Waals surface area contributed by atoms with Crippen LogP contribution in [0.1, 0.15) is 11.4 Å². The number of imidazole rings is 1. The number of carbonyl (C=O) groups excluding carboxylic acids is 2. The maximum Gasteiger partial charge on any atom is 0.257 e. The second-order valence-electron chi connectivity index (χ2n) is 7.83. The van der Waals surface area contributed by atoms with Crippen molar-refractivity contribution in [1.82, 2.24) is 20.2 Å². The summed E-state index contributed by atoms with van der Waals surface area (Å²) in [6.07, 6.45) is 13.1. The highest BCUT2D eigenvalue weighted by Crippen LogP contribution is 2.31. The molecule has 4 rings (SSSR count). The molecule has 0 radical (unpaired) electrons. The Bertz CT molecular complexity index is 1180. The van der Waals surface area contributed by atoms with Crippen molar-refractivity contribution in [3.8, 4) is 0 Å². The van der Waals surface area contributed by atoms with Crippen molar-refractivity contribution in [2.45, 2.75) is 12.8 Å². The minimum atomic E-state index is -1.75. The average Bonchev–Trinajstić information content (AvgIpc) is 3.08. The molecule has 7 nitrogen and oxygen atoms in total. The van der Waals surface area contributed by atoms with Crippen molar-refractivity contribution in [2.75, 3.05) is 18.8 Å². The molecule has 4 N–H and O–H groups in total. The fourth-order valence-electron chi connectivity index (χ4n) is 4.00. The Labute approximate surface area is 204 Å². The van der Waals surface area contributed by atoms with E-state index in [0.717, 1.165) is 31.3 Å². The van der Waals surface area contributed by atoms with E-state index in [1.54, 1.807) is 0 Å². The molecule has 32 heavy (non-hydrogen) atoms. The fraction of sp³-hybridized carbons (Fsp3) is 0.304. The van der Waals surface area contributed by atoms with E-state index >= 15 is 0 Å². The summed E-state index contributed by atoms with van der Waals surface area (Å²) in [7, 11) is 1.93. The molecule has 0 spiro atoms. The summed E-state index contributed by atoms with van der Waals surface area (Å²) in [6, 6.07) is 0. The number of nitrogens with two attached hydrogens (primary N) is 1. The second kappa shape index (κ2) is 10.3. The summed E-state index contributed by atoms with van der Waals surface area (Å²) in [5.74, 6) is 0.836. The van der Waals surface area contributed by atoms with Crippen LogP contribution >= 0.6 is 39.6 Å². The van der Waals surface area contributed by atoms with E-state index in [-0.39, 0.29) is 44.4 Å². The molecule has 3 aliphatic rings. The van der Waals surface area contributed by atoms with E-state index in [1.807, 2.05) is 48.1 Å². The minimum absolute atomic E-state index is 0.0119. The van der Waals surface area contributed by atoms with Gasteiger partial charge >= 0.3 is 0 Å². The molecule has 2 amide bonds. The Morgan fingerprint density at radius 3 is 2.66 bits per heavy atom. The van der Waals surface area contributed by atoms with Gasteiger partial charge in [0.1, 0.15) is 0 Å². The first-order valence-electron chi connectivity index (χ1n) is 10.3. The predicted octanol–water partition coefficient (Wildman–Crippen LogP) is 1.99. The van der Waals surface area contributed by atoms with Gasteiger partial charge in [0.25, 0.3) is 11.8 Å². The monoisotopic (exact) mass is 659 g/mol. The van der Waals surface area contributed by atoms with Crippen LogP contribution < -0.4 is 16.4 Å². The summed E-state index contributed by atoms with van der Waals surface area (Å²) in [5, 5.41) is 6.26. The van der Waals surface area contributed by atoms with Crippen molar-refractivity contribution >= 4 is 69.4 Å². The summed E-state index contributed by atoms with van der Waals surface area (Å²) >= 11 is -2.13. The quantitative estimate of drug-likeness (QED) is 0.407. The number of anilines is 1. The lowest BCUT2D eigenvalue weighted by Crippen LogP contribution is -2.43. The molecule has 2 aliphatic heterocycles. The van der Waals surface area contributed by atoms with Crippen LogP contribution in [0.2, 0.25) is 0 Å². The van der Waals surface area contributed by atoms with Gasteiger partial charge in [0.2, 0.25) is 0 Å². The molecule has 0 aromatic carbocycles. The van der Waals surface area contributed by atoms with E-state index in [1.165, 1.54) is 0 Å². The van der Waals surface area contributed by atoms with Gasteiger partial charge in [-0.25, -0.2) is 4.98 Å². The van der Waals surface area contributed by atoms with Gasteiger partial charge in [0.05, 0.1) is 12.8 Å². The highest BCUT2D eigenvalue weighted by atomic mass is 127. The van der Waals surface area contributed by atoms with Crippen LogP contribution in [0.3, 0.4) is 0 Å². The van der Waals surface area contributed by atoms with E-state index in [4.69, 9.17) is 5.73 Å². The van der Waals surface area contributed by atoms with Crippen LogP contribution in [-0.2, 0) is 29.5 Å². The van der Waals surface area contributed by atoms with Gasteiger partial charge in [0, 0.05) is 25.8 Å². The second-order valence-corrected chi connectivity index (χ2v) is 14.5. The van der Waals surface area contributed by atoms with Crippen LogP contribution in [0.5, 0.6) is 0 Å². The molecular formula is C23H27I2N5O2. The number of allylic oxidation sites excluding steroid dienone is 5. The third-order valence-corrected chi connectivity index (χ3v) is 11.8. The maximum absolute atomic E-state index is 12.8. The number of hydrogen-bond acceptors (Lipinski definition) is 4. The van der Waals surface area contributed by atoms with Gasteiger partial charge in [-0.2, -0.15) is 0 Å². The number of aromatic nitrogens is 2. The van der Waals surface area contributed by atoms with Gasteiger partial charge in [-0.15, -0.1) is 18.9 Å². The van der Waals surface area contributed by atoms with E-state index in [2.05, 4.69) is 28.2 Å². The highest BCUT2D eigenvalue weighted by molar-refractivity contribution is 14.2. The van der Waals surface area contributed by atoms with Crippen molar-refractivity contribution < 1.29 is 9.59 Å². The van der Waals surface area contributed by atoms with Crippen LogP contribution in [0.4, 0.5) is 5.95 Å². The summed E-state index contributed by atoms with van der Waals surface area (Å²) in [4.78, 5) is 29.9. The molecule has 2 atom stereocenters. The number of nitrogens with one attached hydrogen (secondary N) is 2. The van der Waals surface area contributed by atoms with Gasteiger partial charge < -0.3 is 20.9 Å². The molecule has 0 bridgehead atoms. The van der Waals surface area contributed by atoms with Crippen LogP contribution in [0.15, 0.2) is 44.1 Å². The van der Waals surface area contributed by atoms with Crippen molar-refractivity contribution in [2.24, 2.45) is 18.9 Å². The Kier molecular flexibility index (Phi) is 7.44. The Morgan fingerprint density at radius 2 is 1.94 bits per heavy atom. The zero-order valence-corrected chi connectivity index (χ0v) is 22.2. The molecule has 2 unspecified atom stereocenters. The zero-order valence-electron chi connectivity index (χ0n) is 17.9. The number of halogens is 2. The minimum Gasteiger partial charge on any atom is -0.369 e. The third kappa shape index (κ3) is 5.13. The predicted molar refractivity (Wildman–Crippen MR) is 150 cm³/mol. The first kappa shape index (κ1) is 23.1. The largest absolute Gasteiger partial charge is 0.369 e. The Hall–Kier alpha value is -2.02. The van der Waals surface area contributed by atoms with Gasteiger partial charge in [-0.05, 0) is 44.9 Å². The SMILES string of the molecule is C=I1=C(C(=O)NCC2Cc3nc(N)n(C)c3CC2CNC(=O)C2=CC=CC=I2)C=CC=C1. The standard InChI is InChI=1S/C23H27I2N5O2/c1-25-10-6-4-8-18(25)22(32)28-13-15-11-19-20(30(2)23(26)29-19)12-16(15)14-27-21(31)17-7-3-5-9-24-17/h3-10,15-16H,1,11-14H2,2H3,(H2,26,29)(H,27,31)(H,28,32). The number of hydrogen-bond donors (Lipinski definition) is 3. The Morgan fingerprint density at radius 1 is 1.19 bits per heavy atom. The molecule has 3 heterocycles. The number of nitrogens with zero attached hydrogens (tertiary/aromatic N) is 2. The van der Waals surface area contributed by atoms with Crippen LogP contribution in [0.25, 0.3) is 0 Å². The maximum atomic E-state index is 12.8. The molecule has 9 heteroatoms. The molecule has 170 valence electrons. The number of fused-ring (bicyclic) bond motifs is 1. The third-order valence-electron chi connectivity index (χ3n) is 5.84. The number of nitrogen functional groups attached to an aromatic ring is 1. The van der Waals surface area contributed by atoms with Gasteiger partial charge in [0.15, 0.2) is 5.95 Å². The van der Waals surface area contributed by atoms with Crippen molar-refractivity contribution in [3.63, 3.8) is 0 Å². The van der Waals surface area contributed by atoms with E-state index in [9.17, 15) is 9.59 Å². The number of amides is 2. The number of carbonyl (C=O) groups is 2. The van der Waals surface area contributed by atoms with Crippen LogP contribution in [0, 0.1) is 11.8 Å². The first-order valence-corrected chi connectivity index (χ1v) is 16.5. The van der Waals surface area contributed by atoms with E-state index < -0.39 is 18.9 Å². The summed E-state index contributed by atoms with van der Waals surface area (Å²) in [5.41, 5.74) is 8.15. The molecule has 0 saturated heterocycles. The Balaban J connectivity index is 1.47. The fourth-order valence-corrected chi connectivity index (χ4v) is 8.35. The molecule has 1 aromatic heterocycles. The van der Waals surface area contributed by atoms with Crippen molar-refractivity contribution in [1.29, 1.82) is 0 Å². The smallest absolute Gasteiger partial charge is 0.257 e. The molecule has 0 saturated carbocycles. The lowest BCUT2D eigenvalue weighted by Gasteiger charge is -2.32. The number of rotatable bonds is 6. The summed E-state index contributed by atoms with van der Waals surface area (Å²) < 4.78 is 12.0. The molecule has 1 aromatic rings. The summed E-state index contributed by atoms with van der Waals surface area (Å²) in [6.45, 7) is 1.09. The lowest BCUT2D eigenvalue weighted by atomic mass is 9.79. The average molecular weight is 659 g/mol. The zero-order chi connectivity index (χ0) is 22.7. The molecule has 1 aliphatic carbocycles. The lowest BCUT2D eigenvalue weighted by molar-refractivity contribution is -0.117. The first-order chi connectivity index (χ1) is 15.4. The van der Waals surface area contributed by atoms with Crippen LogP contribution in [-0.4, -0.2) is 46.5 Å². The van der Waals surface area contributed by atoms with Gasteiger partial charge in [-0.3, -0.25) is 9.59 Å². The highest BCUT2D eigenvalue weighted by Gasteiger charge is 2.32. The molecular weight excluding hydrogens is 632 g/mol. The van der Waals surface area contributed by atoms with Crippen molar-refractivity contribution in [3.05, 3.63) is 55.5 Å². The van der Waals surface area contributed by atoms with E-state index in [0.29, 0.717) is 19.0 Å².